The van der Waals surface area contributed by atoms with Crippen molar-refractivity contribution in [2.75, 3.05) is 6.54 Å². The lowest BCUT2D eigenvalue weighted by molar-refractivity contribution is -0.131. The second-order valence-corrected chi connectivity index (χ2v) is 8.24. The number of carbonyl (C=O) groups is 3. The van der Waals surface area contributed by atoms with E-state index in [0.717, 1.165) is 22.9 Å². The summed E-state index contributed by atoms with van der Waals surface area (Å²) < 4.78 is 0. The van der Waals surface area contributed by atoms with Crippen LogP contribution in [0.4, 0.5) is 0 Å². The predicted octanol–water partition coefficient (Wildman–Crippen LogP) is 0.306. The van der Waals surface area contributed by atoms with E-state index in [1.54, 1.807) is 0 Å². The maximum Gasteiger partial charge on any atom is 0.243 e. The van der Waals surface area contributed by atoms with Crippen molar-refractivity contribution in [1.82, 2.24) is 15.6 Å². The minimum atomic E-state index is -0.868. The Morgan fingerprint density at radius 3 is 2.58 bits per heavy atom. The number of para-hydroxylation sites is 1. The second kappa shape index (κ2) is 12.6. The molecule has 1 heterocycles. The Labute approximate surface area is 193 Å². The molecule has 0 bridgehead atoms. The molecule has 10 nitrogen and oxygen atoms in total. The molecule has 4 atom stereocenters. The SMILES string of the molecule is CC[C@H](C)[C@@H](C=O)NC(=O)[C@H](CCCN=C(N)N)NC(=O)[C@@H](N)Cc1c[nH]c2ccccc12. The molecule has 0 spiro atoms. The minimum Gasteiger partial charge on any atom is -0.370 e. The number of nitrogens with one attached hydrogen (secondary N) is 3. The van der Waals surface area contributed by atoms with E-state index in [1.807, 2.05) is 44.3 Å². The molecule has 0 saturated carbocycles. The van der Waals surface area contributed by atoms with Crippen LogP contribution in [-0.4, -0.2) is 53.7 Å². The number of carbonyl (C=O) groups excluding carboxylic acids is 3. The number of hydrogen-bond donors (Lipinski definition) is 6. The van der Waals surface area contributed by atoms with Crippen molar-refractivity contribution in [1.29, 1.82) is 0 Å². The molecular formula is C23H35N7O3. The van der Waals surface area contributed by atoms with Crippen LogP contribution < -0.4 is 27.8 Å². The number of rotatable bonds is 13. The zero-order valence-corrected chi connectivity index (χ0v) is 19.2. The van der Waals surface area contributed by atoms with Gasteiger partial charge in [-0.25, -0.2) is 0 Å². The highest BCUT2D eigenvalue weighted by Gasteiger charge is 2.27. The van der Waals surface area contributed by atoms with Gasteiger partial charge in [0.25, 0.3) is 0 Å². The Hall–Kier alpha value is -3.40. The van der Waals surface area contributed by atoms with Gasteiger partial charge in [0, 0.05) is 23.6 Å². The van der Waals surface area contributed by atoms with Crippen molar-refractivity contribution in [2.45, 2.75) is 57.7 Å². The molecule has 33 heavy (non-hydrogen) atoms. The first-order chi connectivity index (χ1) is 15.8. The van der Waals surface area contributed by atoms with Crippen LogP contribution in [0.2, 0.25) is 0 Å². The molecule has 0 aliphatic rings. The monoisotopic (exact) mass is 457 g/mol. The highest BCUT2D eigenvalue weighted by Crippen LogP contribution is 2.19. The Morgan fingerprint density at radius 1 is 1.18 bits per heavy atom. The van der Waals surface area contributed by atoms with E-state index in [2.05, 4.69) is 20.6 Å². The molecule has 10 heteroatoms. The van der Waals surface area contributed by atoms with Gasteiger partial charge in [-0.2, -0.15) is 0 Å². The van der Waals surface area contributed by atoms with Gasteiger partial charge in [0.15, 0.2) is 5.96 Å². The second-order valence-electron chi connectivity index (χ2n) is 8.24. The zero-order valence-electron chi connectivity index (χ0n) is 19.2. The summed E-state index contributed by atoms with van der Waals surface area (Å²) in [4.78, 5) is 44.3. The third-order valence-corrected chi connectivity index (χ3v) is 5.74. The van der Waals surface area contributed by atoms with Crippen molar-refractivity contribution in [2.24, 2.45) is 28.1 Å². The summed E-state index contributed by atoms with van der Waals surface area (Å²) in [6.45, 7) is 4.13. The smallest absolute Gasteiger partial charge is 0.243 e. The lowest BCUT2D eigenvalue weighted by Crippen LogP contribution is -2.54. The Bertz CT molecular complexity index is 968. The average Bonchev–Trinajstić information content (AvgIpc) is 3.21. The van der Waals surface area contributed by atoms with Gasteiger partial charge in [-0.05, 0) is 36.8 Å². The molecule has 0 aliphatic carbocycles. The molecule has 0 unspecified atom stereocenters. The van der Waals surface area contributed by atoms with Crippen LogP contribution in [0.5, 0.6) is 0 Å². The molecule has 0 aliphatic heterocycles. The number of amides is 2. The van der Waals surface area contributed by atoms with Gasteiger partial charge < -0.3 is 37.6 Å². The predicted molar refractivity (Wildman–Crippen MR) is 129 cm³/mol. The third kappa shape index (κ3) is 7.60. The van der Waals surface area contributed by atoms with Crippen LogP contribution >= 0.6 is 0 Å². The number of fused-ring (bicyclic) bond motifs is 1. The number of aromatic nitrogens is 1. The van der Waals surface area contributed by atoms with E-state index >= 15 is 0 Å². The highest BCUT2D eigenvalue weighted by molar-refractivity contribution is 5.91. The van der Waals surface area contributed by atoms with E-state index in [4.69, 9.17) is 17.2 Å². The number of aldehydes is 1. The van der Waals surface area contributed by atoms with Crippen LogP contribution in [0.25, 0.3) is 10.9 Å². The number of aliphatic imine (C=N–C) groups is 1. The number of H-pyrrole nitrogens is 1. The Kier molecular flexibility index (Phi) is 9.86. The van der Waals surface area contributed by atoms with Gasteiger partial charge in [0.2, 0.25) is 11.8 Å². The highest BCUT2D eigenvalue weighted by atomic mass is 16.2. The lowest BCUT2D eigenvalue weighted by atomic mass is 9.99. The number of guanidine groups is 1. The van der Waals surface area contributed by atoms with Gasteiger partial charge in [0.05, 0.1) is 12.1 Å². The van der Waals surface area contributed by atoms with Crippen molar-refractivity contribution in [3.63, 3.8) is 0 Å². The maximum atomic E-state index is 12.9. The summed E-state index contributed by atoms with van der Waals surface area (Å²) in [5.74, 6) is -0.967. The summed E-state index contributed by atoms with van der Waals surface area (Å²) in [5.41, 5.74) is 18.7. The summed E-state index contributed by atoms with van der Waals surface area (Å²) in [5, 5.41) is 6.46. The van der Waals surface area contributed by atoms with Crippen molar-refractivity contribution in [3.8, 4) is 0 Å². The molecule has 2 aromatic rings. The first kappa shape index (κ1) is 25.9. The number of benzene rings is 1. The van der Waals surface area contributed by atoms with Gasteiger partial charge >= 0.3 is 0 Å². The maximum absolute atomic E-state index is 12.9. The van der Waals surface area contributed by atoms with E-state index in [0.29, 0.717) is 32.1 Å². The summed E-state index contributed by atoms with van der Waals surface area (Å²) in [6.07, 6.45) is 4.33. The molecule has 2 amide bonds. The molecular weight excluding hydrogens is 422 g/mol. The van der Waals surface area contributed by atoms with Crippen molar-refractivity contribution >= 4 is 35.0 Å². The normalized spacial score (nSPS) is 14.6. The molecule has 0 fully saturated rings. The number of nitrogens with two attached hydrogens (primary N) is 3. The third-order valence-electron chi connectivity index (χ3n) is 5.74. The number of nitrogens with zero attached hydrogens (tertiary/aromatic N) is 1. The van der Waals surface area contributed by atoms with Gasteiger partial charge in [0.1, 0.15) is 12.3 Å². The van der Waals surface area contributed by atoms with Crippen LogP contribution in [0, 0.1) is 5.92 Å². The van der Waals surface area contributed by atoms with Crippen molar-refractivity contribution in [3.05, 3.63) is 36.0 Å². The first-order valence-corrected chi connectivity index (χ1v) is 11.2. The quantitative estimate of drug-likeness (QED) is 0.109. The first-order valence-electron chi connectivity index (χ1n) is 11.2. The molecule has 0 saturated heterocycles. The molecule has 180 valence electrons. The summed E-state index contributed by atoms with van der Waals surface area (Å²) >= 11 is 0. The van der Waals surface area contributed by atoms with Crippen LogP contribution in [0.15, 0.2) is 35.5 Å². The van der Waals surface area contributed by atoms with Crippen LogP contribution in [-0.2, 0) is 20.8 Å². The van der Waals surface area contributed by atoms with Gasteiger partial charge in [-0.1, -0.05) is 38.5 Å². The van der Waals surface area contributed by atoms with Crippen molar-refractivity contribution < 1.29 is 14.4 Å². The molecule has 1 aromatic heterocycles. The zero-order chi connectivity index (χ0) is 24.4. The average molecular weight is 458 g/mol. The van der Waals surface area contributed by atoms with Crippen LogP contribution in [0.1, 0.15) is 38.7 Å². The summed E-state index contributed by atoms with van der Waals surface area (Å²) in [6, 6.07) is 5.39. The fourth-order valence-electron chi connectivity index (χ4n) is 3.51. The molecule has 2 rings (SSSR count). The van der Waals surface area contributed by atoms with Gasteiger partial charge in [-0.3, -0.25) is 14.6 Å². The molecule has 1 aromatic carbocycles. The lowest BCUT2D eigenvalue weighted by Gasteiger charge is -2.24. The fourth-order valence-corrected chi connectivity index (χ4v) is 3.51. The Balaban J connectivity index is 2.07. The van der Waals surface area contributed by atoms with Gasteiger partial charge in [-0.15, -0.1) is 0 Å². The number of hydrogen-bond acceptors (Lipinski definition) is 5. The molecule has 0 radical (unpaired) electrons. The van der Waals surface area contributed by atoms with E-state index < -0.39 is 29.9 Å². The minimum absolute atomic E-state index is 0.0337. The summed E-state index contributed by atoms with van der Waals surface area (Å²) in [7, 11) is 0. The molecule has 9 N–H and O–H groups in total. The van der Waals surface area contributed by atoms with E-state index in [-0.39, 0.29) is 11.9 Å². The largest absolute Gasteiger partial charge is 0.370 e. The van der Waals surface area contributed by atoms with E-state index in [9.17, 15) is 14.4 Å². The van der Waals surface area contributed by atoms with Crippen LogP contribution in [0.3, 0.4) is 0 Å². The standard InChI is InChI=1S/C23H35N7O3/c1-3-14(2)20(13-31)30-22(33)19(9-6-10-27-23(25)26)29-21(32)17(24)11-15-12-28-18-8-5-4-7-16(15)18/h4-5,7-8,12-14,17,19-20,28H,3,6,9-11,24H2,1-2H3,(H,29,32)(H,30,33)(H4,25,26,27)/t14-,17-,19-,20+/m0/s1. The van der Waals surface area contributed by atoms with E-state index in [1.165, 1.54) is 0 Å². The number of aromatic amines is 1. The topological polar surface area (TPSA) is 181 Å². The fraction of sp³-hybridized carbons (Fsp3) is 0.478. The Morgan fingerprint density at radius 2 is 1.91 bits per heavy atom.